The fraction of sp³-hybridized carbons (Fsp3) is 0.471. The van der Waals surface area contributed by atoms with Crippen LogP contribution in [0.4, 0.5) is 4.39 Å². The number of nitrogens with one attached hydrogen (secondary N) is 1. The lowest BCUT2D eigenvalue weighted by atomic mass is 9.95. The van der Waals surface area contributed by atoms with Gasteiger partial charge in [0.1, 0.15) is 5.82 Å². The molecule has 1 aromatic heterocycles. The third-order valence-corrected chi connectivity index (χ3v) is 5.76. The third kappa shape index (κ3) is 3.42. The van der Waals surface area contributed by atoms with Crippen molar-refractivity contribution in [3.05, 3.63) is 34.5 Å². The molecule has 1 aliphatic carbocycles. The Hall–Kier alpha value is -1.21. The molecule has 132 valence electrons. The van der Waals surface area contributed by atoms with Crippen molar-refractivity contribution in [3.8, 4) is 0 Å². The van der Waals surface area contributed by atoms with Crippen LogP contribution in [-0.4, -0.2) is 25.1 Å². The molecule has 24 heavy (non-hydrogen) atoms. The molecule has 1 saturated carbocycles. The van der Waals surface area contributed by atoms with Crippen LogP contribution in [0.15, 0.2) is 18.2 Å². The molecule has 1 unspecified atom stereocenters. The van der Waals surface area contributed by atoms with Gasteiger partial charge in [0, 0.05) is 29.3 Å². The normalized spacial score (nSPS) is 16.5. The van der Waals surface area contributed by atoms with Crippen LogP contribution in [0, 0.1) is 11.7 Å². The quantitative estimate of drug-likeness (QED) is 0.816. The predicted molar refractivity (Wildman–Crippen MR) is 97.4 cm³/mol. The molecule has 1 amide bonds. The highest BCUT2D eigenvalue weighted by atomic mass is 35.5. The van der Waals surface area contributed by atoms with Crippen molar-refractivity contribution in [3.63, 3.8) is 0 Å². The molecule has 2 aromatic rings. The fourth-order valence-electron chi connectivity index (χ4n) is 2.99. The molecule has 4 nitrogen and oxygen atoms in total. The first-order valence-electron chi connectivity index (χ1n) is 7.71. The second-order valence-electron chi connectivity index (χ2n) is 6.31. The van der Waals surface area contributed by atoms with E-state index in [2.05, 4.69) is 5.32 Å². The maximum absolute atomic E-state index is 14.2. The summed E-state index contributed by atoms with van der Waals surface area (Å²) in [6.07, 6.45) is 2.17. The highest BCUT2D eigenvalue weighted by Gasteiger charge is 2.42. The number of nitrogens with two attached hydrogens (primary N) is 1. The molecule has 0 aliphatic heterocycles. The Balaban J connectivity index is 0.00000208. The third-order valence-electron chi connectivity index (χ3n) is 4.56. The zero-order chi connectivity index (χ0) is 16.6. The van der Waals surface area contributed by atoms with E-state index in [1.807, 2.05) is 13.0 Å². The zero-order valence-corrected chi connectivity index (χ0v) is 15.4. The van der Waals surface area contributed by atoms with E-state index in [-0.39, 0.29) is 30.7 Å². The van der Waals surface area contributed by atoms with E-state index in [1.54, 1.807) is 13.2 Å². The maximum atomic E-state index is 14.2. The lowest BCUT2D eigenvalue weighted by Gasteiger charge is -2.29. The Morgan fingerprint density at radius 3 is 2.79 bits per heavy atom. The molecule has 7 heteroatoms. The highest BCUT2D eigenvalue weighted by Crippen LogP contribution is 2.40. The van der Waals surface area contributed by atoms with Gasteiger partial charge in [0.05, 0.1) is 17.0 Å². The van der Waals surface area contributed by atoms with Gasteiger partial charge in [-0.15, -0.1) is 23.7 Å². The summed E-state index contributed by atoms with van der Waals surface area (Å²) in [5, 5.41) is 3.55. The Morgan fingerprint density at radius 2 is 2.21 bits per heavy atom. The number of rotatable bonds is 6. The van der Waals surface area contributed by atoms with Crippen LogP contribution in [-0.2, 0) is 11.3 Å². The Morgan fingerprint density at radius 1 is 1.50 bits per heavy atom. The molecule has 1 atom stereocenters. The smallest absolute Gasteiger partial charge is 0.262 e. The number of amides is 1. The molecule has 1 aliphatic rings. The second-order valence-corrected chi connectivity index (χ2v) is 7.36. The predicted octanol–water partition coefficient (Wildman–Crippen LogP) is 3.47. The summed E-state index contributed by atoms with van der Waals surface area (Å²) in [7, 11) is 1.54. The number of carbonyl (C=O) groups is 1. The average Bonchev–Trinajstić information content (AvgIpc) is 3.31. The van der Waals surface area contributed by atoms with Crippen LogP contribution >= 0.6 is 23.7 Å². The van der Waals surface area contributed by atoms with E-state index >= 15 is 0 Å². The van der Waals surface area contributed by atoms with Crippen LogP contribution < -0.4 is 11.1 Å². The van der Waals surface area contributed by atoms with Gasteiger partial charge in [-0.3, -0.25) is 4.79 Å². The summed E-state index contributed by atoms with van der Waals surface area (Å²) in [5.41, 5.74) is 6.08. The first-order valence-corrected chi connectivity index (χ1v) is 8.53. The minimum atomic E-state index is -0.407. The lowest BCUT2D eigenvalue weighted by molar-refractivity contribution is 0.0898. The molecule has 0 radical (unpaired) electrons. The van der Waals surface area contributed by atoms with Gasteiger partial charge in [0.25, 0.3) is 5.91 Å². The van der Waals surface area contributed by atoms with Gasteiger partial charge in [-0.05, 0) is 37.8 Å². The van der Waals surface area contributed by atoms with Crippen LogP contribution in [0.3, 0.4) is 0 Å². The first kappa shape index (κ1) is 19.1. The molecule has 1 fully saturated rings. The van der Waals surface area contributed by atoms with Crippen molar-refractivity contribution in [1.29, 1.82) is 0 Å². The summed E-state index contributed by atoms with van der Waals surface area (Å²) in [4.78, 5) is 13.3. The van der Waals surface area contributed by atoms with Crippen molar-refractivity contribution in [1.82, 2.24) is 5.32 Å². The van der Waals surface area contributed by atoms with Gasteiger partial charge in [0.2, 0.25) is 0 Å². The number of methoxy groups -OCH3 is 1. The molecule has 0 spiro atoms. The van der Waals surface area contributed by atoms with Gasteiger partial charge in [-0.25, -0.2) is 4.39 Å². The maximum Gasteiger partial charge on any atom is 0.262 e. The number of ether oxygens (including phenoxy) is 1. The van der Waals surface area contributed by atoms with Gasteiger partial charge < -0.3 is 15.8 Å². The molecular formula is C17H22ClFN2O2S. The molecule has 0 saturated heterocycles. The molecule has 1 aromatic carbocycles. The second kappa shape index (κ2) is 7.35. The van der Waals surface area contributed by atoms with Gasteiger partial charge in [-0.1, -0.05) is 6.07 Å². The average molecular weight is 373 g/mol. The van der Waals surface area contributed by atoms with Crippen molar-refractivity contribution in [2.45, 2.75) is 31.9 Å². The Kier molecular flexibility index (Phi) is 5.86. The topological polar surface area (TPSA) is 64.3 Å². The standard InChI is InChI=1S/C17H21FN2O2S.ClH/c1-17(9-19,10-6-7-10)20-16(21)15-11(8-22-2)14-12(18)4-3-5-13(14)23-15;/h3-5,10H,6-9,19H2,1-2H3,(H,20,21);1H. The monoisotopic (exact) mass is 372 g/mol. The highest BCUT2D eigenvalue weighted by molar-refractivity contribution is 7.21. The van der Waals surface area contributed by atoms with E-state index in [4.69, 9.17) is 10.5 Å². The van der Waals surface area contributed by atoms with Gasteiger partial charge in [-0.2, -0.15) is 0 Å². The van der Waals surface area contributed by atoms with Crippen molar-refractivity contribution >= 4 is 39.7 Å². The van der Waals surface area contributed by atoms with E-state index < -0.39 is 5.54 Å². The molecule has 1 heterocycles. The fourth-order valence-corrected chi connectivity index (χ4v) is 4.11. The number of hydrogen-bond acceptors (Lipinski definition) is 4. The molecular weight excluding hydrogens is 351 g/mol. The summed E-state index contributed by atoms with van der Waals surface area (Å²) in [6, 6.07) is 4.88. The minimum Gasteiger partial charge on any atom is -0.380 e. The number of fused-ring (bicyclic) bond motifs is 1. The summed E-state index contributed by atoms with van der Waals surface area (Å²) in [5.74, 6) is -0.0976. The number of hydrogen-bond donors (Lipinski definition) is 2. The van der Waals surface area contributed by atoms with Gasteiger partial charge in [0.15, 0.2) is 0 Å². The number of halogens is 2. The largest absolute Gasteiger partial charge is 0.380 e. The molecule has 3 rings (SSSR count). The minimum absolute atomic E-state index is 0. The van der Waals surface area contributed by atoms with Crippen molar-refractivity contribution < 1.29 is 13.9 Å². The van der Waals surface area contributed by atoms with Crippen molar-refractivity contribution in [2.75, 3.05) is 13.7 Å². The SMILES string of the molecule is COCc1c(C(=O)NC(C)(CN)C2CC2)sc2cccc(F)c12.Cl. The first-order chi connectivity index (χ1) is 11.0. The van der Waals surface area contributed by atoms with Gasteiger partial charge >= 0.3 is 0 Å². The Bertz CT molecular complexity index is 748. The zero-order valence-electron chi connectivity index (χ0n) is 13.7. The van der Waals surface area contributed by atoms with E-state index in [1.165, 1.54) is 17.4 Å². The lowest BCUT2D eigenvalue weighted by Crippen LogP contribution is -2.53. The van der Waals surface area contributed by atoms with Crippen LogP contribution in [0.5, 0.6) is 0 Å². The number of carbonyl (C=O) groups excluding carboxylic acids is 1. The van der Waals surface area contributed by atoms with E-state index in [0.29, 0.717) is 28.3 Å². The van der Waals surface area contributed by atoms with E-state index in [0.717, 1.165) is 17.5 Å². The summed E-state index contributed by atoms with van der Waals surface area (Å²) in [6.45, 7) is 2.57. The van der Waals surface area contributed by atoms with E-state index in [9.17, 15) is 9.18 Å². The Labute approximate surface area is 151 Å². The van der Waals surface area contributed by atoms with Crippen LogP contribution in [0.1, 0.15) is 35.0 Å². The molecule has 3 N–H and O–H groups in total. The van der Waals surface area contributed by atoms with Crippen LogP contribution in [0.2, 0.25) is 0 Å². The molecule has 0 bridgehead atoms. The number of benzene rings is 1. The summed E-state index contributed by atoms with van der Waals surface area (Å²) >= 11 is 1.30. The number of thiophene rings is 1. The summed E-state index contributed by atoms with van der Waals surface area (Å²) < 4.78 is 20.1. The van der Waals surface area contributed by atoms with Crippen LogP contribution in [0.25, 0.3) is 10.1 Å². The van der Waals surface area contributed by atoms with Crippen molar-refractivity contribution in [2.24, 2.45) is 11.7 Å².